The van der Waals surface area contributed by atoms with Crippen LogP contribution >= 0.6 is 15.9 Å². The van der Waals surface area contributed by atoms with Gasteiger partial charge in [0.25, 0.3) is 5.56 Å². The number of hydrogen-bond donors (Lipinski definition) is 0. The van der Waals surface area contributed by atoms with Crippen molar-refractivity contribution in [3.8, 4) is 0 Å². The van der Waals surface area contributed by atoms with Crippen LogP contribution < -0.4 is 11.2 Å². The van der Waals surface area contributed by atoms with Crippen LogP contribution in [0.5, 0.6) is 0 Å². The third-order valence-corrected chi connectivity index (χ3v) is 2.20. The van der Waals surface area contributed by atoms with Gasteiger partial charge >= 0.3 is 5.69 Å². The van der Waals surface area contributed by atoms with Gasteiger partial charge in [-0.3, -0.25) is 9.36 Å². The first kappa shape index (κ1) is 10.2. The predicted molar refractivity (Wildman–Crippen MR) is 51.8 cm³/mol. The summed E-state index contributed by atoms with van der Waals surface area (Å²) in [5.41, 5.74) is -0.740. The standard InChI is InChI=1S/C7H10BrN3O2/c1-3-10-6(12)5(8)9-11(4-2)7(10)13/h3-4H2,1-2H3. The van der Waals surface area contributed by atoms with Gasteiger partial charge in [-0.05, 0) is 29.8 Å². The van der Waals surface area contributed by atoms with Crippen LogP contribution in [-0.4, -0.2) is 14.3 Å². The van der Waals surface area contributed by atoms with Crippen molar-refractivity contribution in [3.05, 3.63) is 25.4 Å². The molecule has 1 rings (SSSR count). The molecule has 0 unspecified atom stereocenters. The molecule has 6 heteroatoms. The first-order valence-corrected chi connectivity index (χ1v) is 4.78. The van der Waals surface area contributed by atoms with Gasteiger partial charge < -0.3 is 0 Å². The summed E-state index contributed by atoms with van der Waals surface area (Å²) in [6.07, 6.45) is 0. The maximum atomic E-state index is 11.4. The van der Waals surface area contributed by atoms with Crippen LogP contribution in [0.25, 0.3) is 0 Å². The summed E-state index contributed by atoms with van der Waals surface area (Å²) in [5.74, 6) is 0. The van der Waals surface area contributed by atoms with Crippen LogP contribution in [0.3, 0.4) is 0 Å². The fourth-order valence-electron chi connectivity index (χ4n) is 1.01. The zero-order chi connectivity index (χ0) is 10.0. The maximum absolute atomic E-state index is 11.4. The summed E-state index contributed by atoms with van der Waals surface area (Å²) in [5, 5.41) is 3.79. The third-order valence-electron chi connectivity index (χ3n) is 1.70. The van der Waals surface area contributed by atoms with Gasteiger partial charge in [-0.15, -0.1) is 0 Å². The summed E-state index contributed by atoms with van der Waals surface area (Å²) in [4.78, 5) is 22.8. The highest BCUT2D eigenvalue weighted by atomic mass is 79.9. The van der Waals surface area contributed by atoms with Crippen LogP contribution in [0.2, 0.25) is 0 Å². The molecular formula is C7H10BrN3O2. The Morgan fingerprint density at radius 1 is 1.31 bits per heavy atom. The smallest absolute Gasteiger partial charge is 0.266 e. The van der Waals surface area contributed by atoms with Crippen molar-refractivity contribution in [2.75, 3.05) is 0 Å². The molecule has 72 valence electrons. The van der Waals surface area contributed by atoms with E-state index in [1.54, 1.807) is 13.8 Å². The molecule has 0 saturated carbocycles. The Balaban J connectivity index is 3.58. The number of nitrogens with zero attached hydrogens (tertiary/aromatic N) is 3. The van der Waals surface area contributed by atoms with E-state index in [9.17, 15) is 9.59 Å². The number of rotatable bonds is 2. The van der Waals surface area contributed by atoms with Crippen LogP contribution in [0, 0.1) is 0 Å². The molecule has 0 N–H and O–H groups in total. The van der Waals surface area contributed by atoms with Gasteiger partial charge in [0.2, 0.25) is 0 Å². The Kier molecular flexibility index (Phi) is 3.02. The van der Waals surface area contributed by atoms with Gasteiger partial charge in [-0.1, -0.05) is 0 Å². The topological polar surface area (TPSA) is 56.9 Å². The quantitative estimate of drug-likeness (QED) is 0.751. The lowest BCUT2D eigenvalue weighted by atomic mass is 10.6. The third kappa shape index (κ3) is 1.72. The number of aromatic nitrogens is 3. The second-order valence-corrected chi connectivity index (χ2v) is 3.19. The minimum absolute atomic E-state index is 0.177. The molecule has 0 amide bonds. The van der Waals surface area contributed by atoms with Gasteiger partial charge in [-0.25, -0.2) is 9.48 Å². The first-order valence-electron chi connectivity index (χ1n) is 3.99. The van der Waals surface area contributed by atoms with E-state index in [4.69, 9.17) is 0 Å². The normalized spacial score (nSPS) is 10.4. The molecular weight excluding hydrogens is 238 g/mol. The van der Waals surface area contributed by atoms with E-state index in [1.165, 1.54) is 4.68 Å². The summed E-state index contributed by atoms with van der Waals surface area (Å²) in [6, 6.07) is 0. The van der Waals surface area contributed by atoms with E-state index in [0.29, 0.717) is 13.1 Å². The molecule has 0 aliphatic carbocycles. The van der Waals surface area contributed by atoms with E-state index in [2.05, 4.69) is 21.0 Å². The summed E-state index contributed by atoms with van der Waals surface area (Å²) >= 11 is 3.01. The van der Waals surface area contributed by atoms with E-state index >= 15 is 0 Å². The molecule has 1 aromatic rings. The zero-order valence-corrected chi connectivity index (χ0v) is 9.04. The lowest BCUT2D eigenvalue weighted by molar-refractivity contribution is 0.513. The van der Waals surface area contributed by atoms with E-state index < -0.39 is 0 Å². The van der Waals surface area contributed by atoms with Crippen molar-refractivity contribution in [2.45, 2.75) is 26.9 Å². The van der Waals surface area contributed by atoms with Crippen LogP contribution in [0.15, 0.2) is 14.2 Å². The molecule has 0 radical (unpaired) electrons. The second-order valence-electron chi connectivity index (χ2n) is 2.44. The molecule has 1 heterocycles. The van der Waals surface area contributed by atoms with Crippen molar-refractivity contribution < 1.29 is 0 Å². The molecule has 0 saturated heterocycles. The Morgan fingerprint density at radius 3 is 2.38 bits per heavy atom. The van der Waals surface area contributed by atoms with Crippen molar-refractivity contribution in [1.82, 2.24) is 14.3 Å². The highest BCUT2D eigenvalue weighted by Crippen LogP contribution is 1.93. The largest absolute Gasteiger partial charge is 0.347 e. The Labute approximate surface area is 83.1 Å². The van der Waals surface area contributed by atoms with E-state index in [0.717, 1.165) is 4.57 Å². The summed E-state index contributed by atoms with van der Waals surface area (Å²) < 4.78 is 2.56. The lowest BCUT2D eigenvalue weighted by Gasteiger charge is -2.05. The van der Waals surface area contributed by atoms with Gasteiger partial charge in [0, 0.05) is 13.1 Å². The van der Waals surface area contributed by atoms with Crippen molar-refractivity contribution in [3.63, 3.8) is 0 Å². The highest BCUT2D eigenvalue weighted by molar-refractivity contribution is 9.10. The molecule has 0 fully saturated rings. The van der Waals surface area contributed by atoms with Gasteiger partial charge in [-0.2, -0.15) is 5.10 Å². The molecule has 0 aromatic carbocycles. The summed E-state index contributed by atoms with van der Waals surface area (Å²) in [6.45, 7) is 4.36. The zero-order valence-electron chi connectivity index (χ0n) is 7.45. The summed E-state index contributed by atoms with van der Waals surface area (Å²) in [7, 11) is 0. The van der Waals surface area contributed by atoms with Crippen molar-refractivity contribution in [2.24, 2.45) is 0 Å². The average Bonchev–Trinajstić information content (AvgIpc) is 2.12. The SMILES string of the molecule is CCn1nc(Br)c(=O)n(CC)c1=O. The van der Waals surface area contributed by atoms with E-state index in [-0.39, 0.29) is 15.9 Å². The fraction of sp³-hybridized carbons (Fsp3) is 0.571. The molecule has 5 nitrogen and oxygen atoms in total. The van der Waals surface area contributed by atoms with Crippen molar-refractivity contribution in [1.29, 1.82) is 0 Å². The first-order chi connectivity index (χ1) is 6.11. The van der Waals surface area contributed by atoms with E-state index in [1.807, 2.05) is 0 Å². The van der Waals surface area contributed by atoms with Crippen molar-refractivity contribution >= 4 is 15.9 Å². The Morgan fingerprint density at radius 2 is 1.92 bits per heavy atom. The van der Waals surface area contributed by atoms with Gasteiger partial charge in [0.15, 0.2) is 4.60 Å². The lowest BCUT2D eigenvalue weighted by Crippen LogP contribution is -2.41. The minimum atomic E-state index is -0.378. The van der Waals surface area contributed by atoms with Gasteiger partial charge in [0.1, 0.15) is 0 Å². The minimum Gasteiger partial charge on any atom is -0.266 e. The maximum Gasteiger partial charge on any atom is 0.347 e. The molecule has 0 atom stereocenters. The molecule has 1 aromatic heterocycles. The van der Waals surface area contributed by atoms with Crippen LogP contribution in [-0.2, 0) is 13.1 Å². The number of halogens is 1. The molecule has 0 bridgehead atoms. The predicted octanol–water partition coefficient (Wildman–Crippen LogP) is 0.207. The highest BCUT2D eigenvalue weighted by Gasteiger charge is 2.07. The number of hydrogen-bond acceptors (Lipinski definition) is 3. The monoisotopic (exact) mass is 247 g/mol. The average molecular weight is 248 g/mol. The van der Waals surface area contributed by atoms with Gasteiger partial charge in [0.05, 0.1) is 0 Å². The molecule has 0 aliphatic heterocycles. The molecule has 0 spiro atoms. The van der Waals surface area contributed by atoms with Crippen LogP contribution in [0.4, 0.5) is 0 Å². The fourth-order valence-corrected chi connectivity index (χ4v) is 1.42. The number of aryl methyl sites for hydroxylation is 1. The van der Waals surface area contributed by atoms with Crippen LogP contribution in [0.1, 0.15) is 13.8 Å². The second kappa shape index (κ2) is 3.87. The molecule has 0 aliphatic rings. The Bertz CT molecular complexity index is 421. The molecule has 13 heavy (non-hydrogen) atoms. The Hall–Kier alpha value is -0.910.